The summed E-state index contributed by atoms with van der Waals surface area (Å²) in [7, 11) is 0. The number of fused-ring (bicyclic) bond motifs is 1. The SMILES string of the molecule is Cc1cn2cc(C(=O)O)cc(N3CC(=O)NC3=O)c2n1. The zero-order valence-corrected chi connectivity index (χ0v) is 10.5. The monoisotopic (exact) mass is 274 g/mol. The van der Waals surface area contributed by atoms with Gasteiger partial charge in [-0.1, -0.05) is 0 Å². The molecular formula is C12H10N4O4. The van der Waals surface area contributed by atoms with Crippen LogP contribution < -0.4 is 10.2 Å². The second-order valence-corrected chi connectivity index (χ2v) is 4.47. The maximum atomic E-state index is 11.7. The lowest BCUT2D eigenvalue weighted by atomic mass is 10.2. The standard InChI is InChI=1S/C12H10N4O4/c1-6-3-15-4-7(11(18)19)2-8(10(15)13-6)16-5-9(17)14-12(16)20/h2-4H,5H2,1H3,(H,18,19)(H,14,17,20). The lowest BCUT2D eigenvalue weighted by molar-refractivity contribution is -0.117. The fraction of sp³-hybridized carbons (Fsp3) is 0.167. The summed E-state index contributed by atoms with van der Waals surface area (Å²) in [5, 5.41) is 11.3. The average Bonchev–Trinajstić information content (AvgIpc) is 2.89. The highest BCUT2D eigenvalue weighted by molar-refractivity contribution is 6.13. The van der Waals surface area contributed by atoms with Gasteiger partial charge in [0, 0.05) is 12.4 Å². The molecule has 1 aliphatic rings. The normalized spacial score (nSPS) is 14.9. The Kier molecular flexibility index (Phi) is 2.46. The number of pyridine rings is 1. The van der Waals surface area contributed by atoms with Gasteiger partial charge in [0.2, 0.25) is 5.91 Å². The molecule has 0 spiro atoms. The van der Waals surface area contributed by atoms with Crippen molar-refractivity contribution in [3.05, 3.63) is 29.7 Å². The Morgan fingerprint density at radius 3 is 2.75 bits per heavy atom. The van der Waals surface area contributed by atoms with Crippen molar-refractivity contribution < 1.29 is 19.5 Å². The zero-order chi connectivity index (χ0) is 14.4. The topological polar surface area (TPSA) is 104 Å². The van der Waals surface area contributed by atoms with Crippen molar-refractivity contribution in [3.63, 3.8) is 0 Å². The van der Waals surface area contributed by atoms with Gasteiger partial charge in [0.05, 0.1) is 16.9 Å². The maximum Gasteiger partial charge on any atom is 0.337 e. The van der Waals surface area contributed by atoms with Crippen molar-refractivity contribution in [1.82, 2.24) is 14.7 Å². The van der Waals surface area contributed by atoms with Crippen LogP contribution in [0.1, 0.15) is 16.1 Å². The predicted octanol–water partition coefficient (Wildman–Crippen LogP) is 0.397. The first-order chi connectivity index (χ1) is 9.45. The number of imidazole rings is 1. The molecule has 102 valence electrons. The summed E-state index contributed by atoms with van der Waals surface area (Å²) in [5.74, 6) is -1.55. The molecule has 8 heteroatoms. The molecular weight excluding hydrogens is 264 g/mol. The second-order valence-electron chi connectivity index (χ2n) is 4.47. The first-order valence-electron chi connectivity index (χ1n) is 5.79. The number of nitrogens with one attached hydrogen (secondary N) is 1. The summed E-state index contributed by atoms with van der Waals surface area (Å²) in [6.07, 6.45) is 3.07. The van der Waals surface area contributed by atoms with Crippen LogP contribution in [-0.2, 0) is 4.79 Å². The van der Waals surface area contributed by atoms with E-state index in [2.05, 4.69) is 10.3 Å². The van der Waals surface area contributed by atoms with Gasteiger partial charge in [0.25, 0.3) is 0 Å². The van der Waals surface area contributed by atoms with Crippen LogP contribution in [0.25, 0.3) is 5.65 Å². The molecule has 2 aromatic heterocycles. The smallest absolute Gasteiger partial charge is 0.337 e. The van der Waals surface area contributed by atoms with E-state index in [4.69, 9.17) is 5.11 Å². The number of carbonyl (C=O) groups is 3. The Balaban J connectivity index is 2.24. The zero-order valence-electron chi connectivity index (χ0n) is 10.5. The largest absolute Gasteiger partial charge is 0.478 e. The van der Waals surface area contributed by atoms with Crippen molar-refractivity contribution in [2.75, 3.05) is 11.4 Å². The fourth-order valence-electron chi connectivity index (χ4n) is 2.15. The number of carbonyl (C=O) groups excluding carboxylic acids is 2. The first-order valence-corrected chi connectivity index (χ1v) is 5.79. The number of urea groups is 1. The van der Waals surface area contributed by atoms with Gasteiger partial charge in [-0.3, -0.25) is 15.0 Å². The van der Waals surface area contributed by atoms with E-state index < -0.39 is 17.9 Å². The molecule has 0 aliphatic carbocycles. The van der Waals surface area contributed by atoms with Crippen molar-refractivity contribution in [3.8, 4) is 0 Å². The number of aromatic carboxylic acids is 1. The molecule has 0 atom stereocenters. The molecule has 0 unspecified atom stereocenters. The molecule has 0 aromatic carbocycles. The van der Waals surface area contributed by atoms with Crippen LogP contribution in [0.15, 0.2) is 18.5 Å². The molecule has 3 heterocycles. The number of anilines is 1. The maximum absolute atomic E-state index is 11.7. The second kappa shape index (κ2) is 4.05. The van der Waals surface area contributed by atoms with Crippen LogP contribution in [0.5, 0.6) is 0 Å². The number of nitrogens with zero attached hydrogens (tertiary/aromatic N) is 3. The Morgan fingerprint density at radius 1 is 1.40 bits per heavy atom. The number of carboxylic acids is 1. The van der Waals surface area contributed by atoms with Crippen molar-refractivity contribution in [2.45, 2.75) is 6.92 Å². The molecule has 0 radical (unpaired) electrons. The van der Waals surface area contributed by atoms with E-state index in [1.54, 1.807) is 13.1 Å². The van der Waals surface area contributed by atoms with E-state index in [1.165, 1.54) is 21.6 Å². The van der Waals surface area contributed by atoms with E-state index in [9.17, 15) is 14.4 Å². The number of rotatable bonds is 2. The first kappa shape index (κ1) is 12.2. The Hall–Kier alpha value is -2.90. The number of aryl methyl sites for hydroxylation is 1. The molecule has 3 rings (SSSR count). The summed E-state index contributed by atoms with van der Waals surface area (Å²) in [6, 6.07) is 0.752. The van der Waals surface area contributed by atoms with Crippen LogP contribution in [0.3, 0.4) is 0 Å². The third-order valence-electron chi connectivity index (χ3n) is 2.98. The molecule has 1 fully saturated rings. The molecule has 0 bridgehead atoms. The third-order valence-corrected chi connectivity index (χ3v) is 2.98. The molecule has 8 nitrogen and oxygen atoms in total. The minimum atomic E-state index is -1.12. The van der Waals surface area contributed by atoms with Gasteiger partial charge in [-0.05, 0) is 13.0 Å². The summed E-state index contributed by atoms with van der Waals surface area (Å²) in [4.78, 5) is 39.6. The fourth-order valence-corrected chi connectivity index (χ4v) is 2.15. The Bertz CT molecular complexity index is 764. The predicted molar refractivity (Wildman–Crippen MR) is 67.8 cm³/mol. The van der Waals surface area contributed by atoms with E-state index in [-0.39, 0.29) is 12.1 Å². The molecule has 3 amide bonds. The lowest BCUT2D eigenvalue weighted by Crippen LogP contribution is -2.28. The number of amides is 3. The van der Waals surface area contributed by atoms with E-state index in [0.717, 1.165) is 0 Å². The quantitative estimate of drug-likeness (QED) is 0.771. The summed E-state index contributed by atoms with van der Waals surface area (Å²) in [5.41, 5.74) is 1.41. The van der Waals surface area contributed by atoms with Crippen LogP contribution in [0.2, 0.25) is 0 Å². The van der Waals surface area contributed by atoms with Crippen LogP contribution in [-0.4, -0.2) is 38.9 Å². The van der Waals surface area contributed by atoms with E-state index >= 15 is 0 Å². The number of hydrogen-bond donors (Lipinski definition) is 2. The van der Waals surface area contributed by atoms with Gasteiger partial charge in [-0.15, -0.1) is 0 Å². The summed E-state index contributed by atoms with van der Waals surface area (Å²) < 4.78 is 1.53. The minimum Gasteiger partial charge on any atom is -0.478 e. The van der Waals surface area contributed by atoms with Crippen LogP contribution >= 0.6 is 0 Å². The van der Waals surface area contributed by atoms with E-state index in [0.29, 0.717) is 17.0 Å². The van der Waals surface area contributed by atoms with Gasteiger partial charge in [0.15, 0.2) is 5.65 Å². The highest BCUT2D eigenvalue weighted by Gasteiger charge is 2.30. The molecule has 1 aliphatic heterocycles. The molecule has 20 heavy (non-hydrogen) atoms. The number of aromatic nitrogens is 2. The number of hydrogen-bond acceptors (Lipinski definition) is 4. The molecule has 1 saturated heterocycles. The van der Waals surface area contributed by atoms with Gasteiger partial charge in [0.1, 0.15) is 6.54 Å². The van der Waals surface area contributed by atoms with Gasteiger partial charge in [-0.2, -0.15) is 0 Å². The van der Waals surface area contributed by atoms with Crippen LogP contribution in [0, 0.1) is 6.92 Å². The number of imide groups is 1. The summed E-state index contributed by atoms with van der Waals surface area (Å²) >= 11 is 0. The third kappa shape index (κ3) is 1.78. The minimum absolute atomic E-state index is 0.0112. The Morgan fingerprint density at radius 2 is 2.15 bits per heavy atom. The van der Waals surface area contributed by atoms with Crippen molar-refractivity contribution >= 4 is 29.2 Å². The van der Waals surface area contributed by atoms with Crippen LogP contribution in [0.4, 0.5) is 10.5 Å². The Labute approximate surface area is 112 Å². The number of carboxylic acid groups (broad SMARTS) is 1. The van der Waals surface area contributed by atoms with Gasteiger partial charge < -0.3 is 9.51 Å². The van der Waals surface area contributed by atoms with Gasteiger partial charge in [-0.25, -0.2) is 14.6 Å². The van der Waals surface area contributed by atoms with Crippen molar-refractivity contribution in [2.24, 2.45) is 0 Å². The summed E-state index contributed by atoms with van der Waals surface area (Å²) in [6.45, 7) is 1.61. The molecule has 2 aromatic rings. The molecule has 2 N–H and O–H groups in total. The van der Waals surface area contributed by atoms with Crippen molar-refractivity contribution in [1.29, 1.82) is 0 Å². The highest BCUT2D eigenvalue weighted by Crippen LogP contribution is 2.25. The highest BCUT2D eigenvalue weighted by atomic mass is 16.4. The average molecular weight is 274 g/mol. The lowest BCUT2D eigenvalue weighted by Gasteiger charge is -2.14. The van der Waals surface area contributed by atoms with Gasteiger partial charge >= 0.3 is 12.0 Å². The van der Waals surface area contributed by atoms with E-state index in [1.807, 2.05) is 0 Å². The molecule has 0 saturated carbocycles.